The second-order valence-electron chi connectivity index (χ2n) is 3.39. The van der Waals surface area contributed by atoms with Crippen LogP contribution in [-0.4, -0.2) is 12.8 Å². The molecule has 0 unspecified atom stereocenters. The summed E-state index contributed by atoms with van der Waals surface area (Å²) >= 11 is 1.44. The van der Waals surface area contributed by atoms with E-state index in [1.165, 1.54) is 16.9 Å². The van der Waals surface area contributed by atoms with Crippen molar-refractivity contribution in [2.24, 2.45) is 0 Å². The second kappa shape index (κ2) is 4.53. The molecule has 0 spiro atoms. The maximum atomic E-state index is 11.1. The van der Waals surface area contributed by atoms with E-state index >= 15 is 0 Å². The molecule has 2 rings (SSSR count). The molecule has 0 saturated heterocycles. The first kappa shape index (κ1) is 11.0. The van der Waals surface area contributed by atoms with Gasteiger partial charge >= 0.3 is 6.16 Å². The first-order valence-corrected chi connectivity index (χ1v) is 5.85. The highest BCUT2D eigenvalue weighted by atomic mass is 32.1. The van der Waals surface area contributed by atoms with Crippen molar-refractivity contribution >= 4 is 27.6 Å². The minimum atomic E-state index is -0.647. The summed E-state index contributed by atoms with van der Waals surface area (Å²) in [6, 6.07) is 7.97. The van der Waals surface area contributed by atoms with Crippen molar-refractivity contribution in [1.29, 1.82) is 0 Å². The monoisotopic (exact) mass is 236 g/mol. The molecule has 84 valence electrons. The van der Waals surface area contributed by atoms with Gasteiger partial charge in [-0.05, 0) is 25.3 Å². The van der Waals surface area contributed by atoms with E-state index in [1.54, 1.807) is 6.92 Å². The number of benzene rings is 1. The number of aryl methyl sites for hydroxylation is 1. The summed E-state index contributed by atoms with van der Waals surface area (Å²) in [5.74, 6) is 0. The fraction of sp³-hybridized carbons (Fsp3) is 0.250. The van der Waals surface area contributed by atoms with Crippen LogP contribution in [0.25, 0.3) is 10.1 Å². The molecule has 0 atom stereocenters. The first-order chi connectivity index (χ1) is 7.69. The molecule has 0 N–H and O–H groups in total. The van der Waals surface area contributed by atoms with Crippen LogP contribution in [0.2, 0.25) is 0 Å². The highest BCUT2D eigenvalue weighted by Crippen LogP contribution is 2.32. The van der Waals surface area contributed by atoms with E-state index in [-0.39, 0.29) is 0 Å². The molecule has 1 aromatic carbocycles. The van der Waals surface area contributed by atoms with Gasteiger partial charge in [-0.15, -0.1) is 0 Å². The van der Waals surface area contributed by atoms with Crippen LogP contribution in [0.15, 0.2) is 24.3 Å². The van der Waals surface area contributed by atoms with Crippen LogP contribution in [-0.2, 0) is 4.74 Å². The first-order valence-electron chi connectivity index (χ1n) is 5.04. The number of ether oxygens (including phenoxy) is 2. The zero-order valence-electron chi connectivity index (χ0n) is 9.15. The summed E-state index contributed by atoms with van der Waals surface area (Å²) in [6.07, 6.45) is -0.647. The molecule has 0 bridgehead atoms. The Bertz CT molecular complexity index is 516. The Hall–Kier alpha value is -1.55. The third-order valence-electron chi connectivity index (χ3n) is 2.10. The second-order valence-corrected chi connectivity index (χ2v) is 4.44. The zero-order valence-corrected chi connectivity index (χ0v) is 9.97. The molecule has 0 aliphatic heterocycles. The average Bonchev–Trinajstić information content (AvgIpc) is 2.59. The quantitative estimate of drug-likeness (QED) is 0.745. The summed E-state index contributed by atoms with van der Waals surface area (Å²) in [6.45, 7) is 4.10. The van der Waals surface area contributed by atoms with Gasteiger partial charge in [-0.2, -0.15) is 0 Å². The van der Waals surface area contributed by atoms with Crippen molar-refractivity contribution in [3.8, 4) is 5.06 Å². The topological polar surface area (TPSA) is 35.5 Å². The molecular formula is C12H12O3S. The third-order valence-corrected chi connectivity index (χ3v) is 3.09. The van der Waals surface area contributed by atoms with Gasteiger partial charge in [-0.1, -0.05) is 29.0 Å². The Kier molecular flexibility index (Phi) is 3.10. The van der Waals surface area contributed by atoms with Gasteiger partial charge < -0.3 is 9.47 Å². The number of thiophene rings is 1. The number of carbonyl (C=O) groups excluding carboxylic acids is 1. The van der Waals surface area contributed by atoms with Gasteiger partial charge in [0.1, 0.15) is 0 Å². The van der Waals surface area contributed by atoms with E-state index in [4.69, 9.17) is 9.47 Å². The molecule has 0 aliphatic rings. The number of hydrogen-bond acceptors (Lipinski definition) is 4. The lowest BCUT2D eigenvalue weighted by atomic mass is 10.2. The van der Waals surface area contributed by atoms with Crippen LogP contribution in [0.3, 0.4) is 0 Å². The lowest BCUT2D eigenvalue weighted by molar-refractivity contribution is 0.105. The van der Waals surface area contributed by atoms with E-state index < -0.39 is 6.16 Å². The molecule has 3 nitrogen and oxygen atoms in total. The van der Waals surface area contributed by atoms with Crippen LogP contribution in [0.1, 0.15) is 12.5 Å². The van der Waals surface area contributed by atoms with Crippen LogP contribution >= 0.6 is 11.3 Å². The van der Waals surface area contributed by atoms with E-state index in [0.717, 1.165) is 10.1 Å². The molecule has 1 aromatic heterocycles. The summed E-state index contributed by atoms with van der Waals surface area (Å²) in [5, 5.41) is 1.66. The van der Waals surface area contributed by atoms with Gasteiger partial charge in [0.15, 0.2) is 5.06 Å². The van der Waals surface area contributed by atoms with Crippen molar-refractivity contribution in [1.82, 2.24) is 0 Å². The van der Waals surface area contributed by atoms with Gasteiger partial charge in [0.25, 0.3) is 0 Å². The molecule has 2 aromatic rings. The Morgan fingerprint density at radius 3 is 2.94 bits per heavy atom. The fourth-order valence-corrected chi connectivity index (χ4v) is 2.30. The highest BCUT2D eigenvalue weighted by Gasteiger charge is 2.08. The Morgan fingerprint density at radius 1 is 1.38 bits per heavy atom. The Morgan fingerprint density at radius 2 is 2.19 bits per heavy atom. The van der Waals surface area contributed by atoms with Crippen molar-refractivity contribution in [2.45, 2.75) is 13.8 Å². The standard InChI is InChI=1S/C12H12O3S/c1-3-14-12(13)15-11-7-9-6-8(2)4-5-10(9)16-11/h4-7H,3H2,1-2H3. The fourth-order valence-electron chi connectivity index (χ4n) is 1.42. The highest BCUT2D eigenvalue weighted by molar-refractivity contribution is 7.20. The number of carbonyl (C=O) groups is 1. The van der Waals surface area contributed by atoms with Crippen LogP contribution < -0.4 is 4.74 Å². The number of rotatable bonds is 2. The summed E-state index contributed by atoms with van der Waals surface area (Å²) in [4.78, 5) is 11.1. The molecule has 0 radical (unpaired) electrons. The average molecular weight is 236 g/mol. The Balaban J connectivity index is 2.23. The van der Waals surface area contributed by atoms with E-state index in [0.29, 0.717) is 11.7 Å². The molecule has 4 heteroatoms. The van der Waals surface area contributed by atoms with Gasteiger partial charge in [0, 0.05) is 10.8 Å². The summed E-state index contributed by atoms with van der Waals surface area (Å²) in [7, 11) is 0. The predicted molar refractivity (Wildman–Crippen MR) is 64.2 cm³/mol. The minimum absolute atomic E-state index is 0.322. The molecule has 0 saturated carbocycles. The van der Waals surface area contributed by atoms with Crippen LogP contribution in [0, 0.1) is 6.92 Å². The van der Waals surface area contributed by atoms with E-state index in [1.807, 2.05) is 25.1 Å². The van der Waals surface area contributed by atoms with E-state index in [2.05, 4.69) is 6.07 Å². The van der Waals surface area contributed by atoms with Gasteiger partial charge in [-0.25, -0.2) is 4.79 Å². The maximum Gasteiger partial charge on any atom is 0.514 e. The SMILES string of the molecule is CCOC(=O)Oc1cc2cc(C)ccc2s1. The Labute approximate surface area is 97.6 Å². The summed E-state index contributed by atoms with van der Waals surface area (Å²) in [5.41, 5.74) is 1.19. The van der Waals surface area contributed by atoms with Gasteiger partial charge in [-0.3, -0.25) is 0 Å². The molecule has 0 amide bonds. The molecule has 1 heterocycles. The van der Waals surface area contributed by atoms with Crippen molar-refractivity contribution in [3.63, 3.8) is 0 Å². The number of hydrogen-bond donors (Lipinski definition) is 0. The predicted octanol–water partition coefficient (Wildman–Crippen LogP) is 3.75. The molecular weight excluding hydrogens is 224 g/mol. The van der Waals surface area contributed by atoms with Crippen molar-refractivity contribution < 1.29 is 14.3 Å². The largest absolute Gasteiger partial charge is 0.514 e. The smallest absolute Gasteiger partial charge is 0.434 e. The molecule has 0 aliphatic carbocycles. The van der Waals surface area contributed by atoms with E-state index in [9.17, 15) is 4.79 Å². The van der Waals surface area contributed by atoms with Gasteiger partial charge in [0.2, 0.25) is 0 Å². The van der Waals surface area contributed by atoms with Crippen molar-refractivity contribution in [2.75, 3.05) is 6.61 Å². The minimum Gasteiger partial charge on any atom is -0.434 e. The van der Waals surface area contributed by atoms with Crippen LogP contribution in [0.5, 0.6) is 5.06 Å². The molecule has 0 fully saturated rings. The third kappa shape index (κ3) is 2.33. The van der Waals surface area contributed by atoms with Crippen molar-refractivity contribution in [3.05, 3.63) is 29.8 Å². The normalized spacial score (nSPS) is 10.4. The lowest BCUT2D eigenvalue weighted by Gasteiger charge is -1.99. The van der Waals surface area contributed by atoms with Crippen LogP contribution in [0.4, 0.5) is 4.79 Å². The maximum absolute atomic E-state index is 11.1. The van der Waals surface area contributed by atoms with Gasteiger partial charge in [0.05, 0.1) is 6.61 Å². The lowest BCUT2D eigenvalue weighted by Crippen LogP contribution is -2.08. The number of fused-ring (bicyclic) bond motifs is 1. The summed E-state index contributed by atoms with van der Waals surface area (Å²) < 4.78 is 10.8. The molecule has 16 heavy (non-hydrogen) atoms. The zero-order chi connectivity index (χ0) is 11.5.